The molecule has 0 atom stereocenters. The van der Waals surface area contributed by atoms with Crippen molar-refractivity contribution in [3.05, 3.63) is 60.2 Å². The van der Waals surface area contributed by atoms with Gasteiger partial charge in [0.15, 0.2) is 0 Å². The number of nitrogens with one attached hydrogen (secondary N) is 1. The zero-order chi connectivity index (χ0) is 20.1. The second-order valence-corrected chi connectivity index (χ2v) is 7.13. The van der Waals surface area contributed by atoms with E-state index in [2.05, 4.69) is 20.4 Å². The fraction of sp³-hybridized carbons (Fsp3) is 0.318. The number of rotatable bonds is 6. The Morgan fingerprint density at radius 2 is 1.83 bits per heavy atom. The van der Waals surface area contributed by atoms with Crippen molar-refractivity contribution >= 4 is 17.3 Å². The summed E-state index contributed by atoms with van der Waals surface area (Å²) in [7, 11) is 0. The molecule has 1 aromatic heterocycles. The highest BCUT2D eigenvalue weighted by atomic mass is 19.1. The number of aromatic nitrogens is 2. The van der Waals surface area contributed by atoms with Crippen molar-refractivity contribution in [2.24, 2.45) is 0 Å². The lowest BCUT2D eigenvalue weighted by atomic mass is 10.1. The highest BCUT2D eigenvalue weighted by molar-refractivity contribution is 5.94. The predicted molar refractivity (Wildman–Crippen MR) is 109 cm³/mol. The van der Waals surface area contributed by atoms with Gasteiger partial charge in [-0.1, -0.05) is 17.3 Å². The average Bonchev–Trinajstić information content (AvgIpc) is 3.23. The molecule has 1 fully saturated rings. The molecule has 7 heteroatoms. The number of hydrogen-bond donors (Lipinski definition) is 1. The lowest BCUT2D eigenvalue weighted by molar-refractivity contribution is -0.116. The second-order valence-electron chi connectivity index (χ2n) is 7.13. The molecule has 0 saturated carbocycles. The van der Waals surface area contributed by atoms with Gasteiger partial charge in [-0.25, -0.2) is 4.39 Å². The van der Waals surface area contributed by atoms with Crippen molar-refractivity contribution < 1.29 is 13.7 Å². The molecule has 0 spiro atoms. The number of halogens is 1. The monoisotopic (exact) mass is 394 g/mol. The van der Waals surface area contributed by atoms with Gasteiger partial charge in [-0.15, -0.1) is 0 Å². The van der Waals surface area contributed by atoms with E-state index in [1.165, 1.54) is 31.4 Å². The molecular weight excluding hydrogens is 371 g/mol. The molecule has 0 radical (unpaired) electrons. The summed E-state index contributed by atoms with van der Waals surface area (Å²) in [5.74, 6) is 0.342. The number of aryl methyl sites for hydroxylation is 1. The smallest absolute Gasteiger partial charge is 0.227 e. The standard InChI is InChI=1S/C22H23FN4O2/c23-17-10-8-16(9-11-17)22-25-21(29-26-22)13-12-20(28)24-18-6-2-3-7-19(18)27-14-4-1-5-15-27/h2-3,6-11H,1,4-5,12-15H2,(H,24,28). The van der Waals surface area contributed by atoms with Crippen LogP contribution >= 0.6 is 0 Å². The van der Waals surface area contributed by atoms with Gasteiger partial charge < -0.3 is 14.7 Å². The number of amides is 1. The van der Waals surface area contributed by atoms with Gasteiger partial charge in [0.05, 0.1) is 11.4 Å². The normalized spacial score (nSPS) is 14.0. The van der Waals surface area contributed by atoms with Gasteiger partial charge in [0.1, 0.15) is 5.82 Å². The Hall–Kier alpha value is -3.22. The molecule has 150 valence electrons. The van der Waals surface area contributed by atoms with E-state index in [9.17, 15) is 9.18 Å². The molecule has 1 N–H and O–H groups in total. The van der Waals surface area contributed by atoms with Crippen LogP contribution in [0.5, 0.6) is 0 Å². The van der Waals surface area contributed by atoms with Crippen LogP contribution in [0.2, 0.25) is 0 Å². The Morgan fingerprint density at radius 3 is 2.62 bits per heavy atom. The summed E-state index contributed by atoms with van der Waals surface area (Å²) in [5, 5.41) is 6.92. The molecule has 29 heavy (non-hydrogen) atoms. The minimum absolute atomic E-state index is 0.101. The average molecular weight is 394 g/mol. The summed E-state index contributed by atoms with van der Waals surface area (Å²) in [6.45, 7) is 2.03. The molecule has 1 amide bonds. The molecule has 3 aromatic rings. The number of piperidine rings is 1. The van der Waals surface area contributed by atoms with Gasteiger partial charge in [-0.05, 0) is 55.7 Å². The molecule has 2 aromatic carbocycles. The van der Waals surface area contributed by atoms with Crippen LogP contribution in [0.4, 0.5) is 15.8 Å². The van der Waals surface area contributed by atoms with Crippen molar-refractivity contribution in [2.75, 3.05) is 23.3 Å². The number of carbonyl (C=O) groups excluding carboxylic acids is 1. The summed E-state index contributed by atoms with van der Waals surface area (Å²) in [5.41, 5.74) is 2.56. The first-order chi connectivity index (χ1) is 14.2. The molecule has 2 heterocycles. The molecule has 1 saturated heterocycles. The molecule has 6 nitrogen and oxygen atoms in total. The highest BCUT2D eigenvalue weighted by Crippen LogP contribution is 2.28. The molecule has 1 aliphatic rings. The van der Waals surface area contributed by atoms with Crippen LogP contribution in [-0.2, 0) is 11.2 Å². The maximum atomic E-state index is 13.0. The van der Waals surface area contributed by atoms with E-state index >= 15 is 0 Å². The Morgan fingerprint density at radius 1 is 1.07 bits per heavy atom. The van der Waals surface area contributed by atoms with Crippen LogP contribution in [0.3, 0.4) is 0 Å². The minimum Gasteiger partial charge on any atom is -0.370 e. The van der Waals surface area contributed by atoms with Crippen molar-refractivity contribution in [1.82, 2.24) is 10.1 Å². The van der Waals surface area contributed by atoms with Crippen LogP contribution in [0.1, 0.15) is 31.6 Å². The van der Waals surface area contributed by atoms with Crippen LogP contribution < -0.4 is 10.2 Å². The lowest BCUT2D eigenvalue weighted by Crippen LogP contribution is -2.30. The Bertz CT molecular complexity index is 965. The first kappa shape index (κ1) is 19.1. The van der Waals surface area contributed by atoms with Gasteiger partial charge in [0, 0.05) is 31.5 Å². The van der Waals surface area contributed by atoms with E-state index in [4.69, 9.17) is 4.52 Å². The van der Waals surface area contributed by atoms with Gasteiger partial charge in [-0.2, -0.15) is 4.98 Å². The van der Waals surface area contributed by atoms with Gasteiger partial charge in [-0.3, -0.25) is 4.79 Å². The van der Waals surface area contributed by atoms with Crippen molar-refractivity contribution in [1.29, 1.82) is 0 Å². The summed E-state index contributed by atoms with van der Waals surface area (Å²) < 4.78 is 18.3. The number of benzene rings is 2. The van der Waals surface area contributed by atoms with Crippen molar-refractivity contribution in [3.63, 3.8) is 0 Å². The Kier molecular flexibility index (Phi) is 5.84. The maximum absolute atomic E-state index is 13.0. The van der Waals surface area contributed by atoms with E-state index in [-0.39, 0.29) is 18.1 Å². The van der Waals surface area contributed by atoms with Gasteiger partial charge in [0.2, 0.25) is 17.6 Å². The third kappa shape index (κ3) is 4.80. The van der Waals surface area contributed by atoms with E-state index in [1.54, 1.807) is 12.1 Å². The van der Waals surface area contributed by atoms with E-state index in [0.29, 0.717) is 23.7 Å². The largest absolute Gasteiger partial charge is 0.370 e. The van der Waals surface area contributed by atoms with Crippen molar-refractivity contribution in [2.45, 2.75) is 32.1 Å². The third-order valence-corrected chi connectivity index (χ3v) is 5.01. The van der Waals surface area contributed by atoms with Crippen LogP contribution in [-0.4, -0.2) is 29.1 Å². The summed E-state index contributed by atoms with van der Waals surface area (Å²) in [6, 6.07) is 13.8. The molecule has 1 aliphatic heterocycles. The van der Waals surface area contributed by atoms with Crippen LogP contribution in [0.15, 0.2) is 53.1 Å². The maximum Gasteiger partial charge on any atom is 0.227 e. The third-order valence-electron chi connectivity index (χ3n) is 5.01. The van der Waals surface area contributed by atoms with E-state index < -0.39 is 0 Å². The fourth-order valence-electron chi connectivity index (χ4n) is 3.50. The molecule has 0 unspecified atom stereocenters. The van der Waals surface area contributed by atoms with Gasteiger partial charge >= 0.3 is 0 Å². The predicted octanol–water partition coefficient (Wildman–Crippen LogP) is 4.44. The summed E-state index contributed by atoms with van der Waals surface area (Å²) >= 11 is 0. The van der Waals surface area contributed by atoms with E-state index in [1.807, 2.05) is 24.3 Å². The number of nitrogens with zero attached hydrogens (tertiary/aromatic N) is 3. The van der Waals surface area contributed by atoms with Crippen molar-refractivity contribution in [3.8, 4) is 11.4 Å². The zero-order valence-electron chi connectivity index (χ0n) is 16.1. The Balaban J connectivity index is 1.36. The summed E-state index contributed by atoms with van der Waals surface area (Å²) in [4.78, 5) is 19.1. The van der Waals surface area contributed by atoms with Crippen LogP contribution in [0.25, 0.3) is 11.4 Å². The Labute approximate surface area is 168 Å². The summed E-state index contributed by atoms with van der Waals surface area (Å²) in [6.07, 6.45) is 4.19. The van der Waals surface area contributed by atoms with Crippen LogP contribution in [0, 0.1) is 5.82 Å². The lowest BCUT2D eigenvalue weighted by Gasteiger charge is -2.30. The number of anilines is 2. The SMILES string of the molecule is O=C(CCc1nc(-c2ccc(F)cc2)no1)Nc1ccccc1N1CCCCC1. The highest BCUT2D eigenvalue weighted by Gasteiger charge is 2.16. The first-order valence-electron chi connectivity index (χ1n) is 9.91. The molecule has 4 rings (SSSR count). The quantitative estimate of drug-likeness (QED) is 0.669. The topological polar surface area (TPSA) is 71.3 Å². The van der Waals surface area contributed by atoms with E-state index in [0.717, 1.165) is 24.5 Å². The molecule has 0 aliphatic carbocycles. The fourth-order valence-corrected chi connectivity index (χ4v) is 3.50. The minimum atomic E-state index is -0.320. The number of hydrogen-bond acceptors (Lipinski definition) is 5. The molecule has 0 bridgehead atoms. The molecular formula is C22H23FN4O2. The number of para-hydroxylation sites is 2. The first-order valence-corrected chi connectivity index (χ1v) is 9.91. The zero-order valence-corrected chi connectivity index (χ0v) is 16.1. The second kappa shape index (κ2) is 8.86. The number of carbonyl (C=O) groups is 1. The van der Waals surface area contributed by atoms with Gasteiger partial charge in [0.25, 0.3) is 0 Å².